The molecule has 0 aliphatic carbocycles. The van der Waals surface area contributed by atoms with E-state index in [1.54, 1.807) is 0 Å². The lowest BCUT2D eigenvalue weighted by molar-refractivity contribution is 0.350. The molecule has 0 radical (unpaired) electrons. The van der Waals surface area contributed by atoms with Crippen molar-refractivity contribution in [1.82, 2.24) is 0 Å². The predicted molar refractivity (Wildman–Crippen MR) is 59.9 cm³/mol. The Bertz CT molecular complexity index is 170. The predicted octanol–water partition coefficient (Wildman–Crippen LogP) is 0.619. The summed E-state index contributed by atoms with van der Waals surface area (Å²) in [6.07, 6.45) is 0.667. The molecule has 0 spiro atoms. The van der Waals surface area contributed by atoms with Crippen LogP contribution in [0.1, 0.15) is 20.3 Å². The van der Waals surface area contributed by atoms with Gasteiger partial charge in [-0.15, -0.1) is 0 Å². The molecule has 0 heterocycles. The van der Waals surface area contributed by atoms with Crippen molar-refractivity contribution >= 4 is 15.2 Å². The van der Waals surface area contributed by atoms with Gasteiger partial charge in [0.05, 0.1) is 8.07 Å². The molecule has 3 nitrogen and oxygen atoms in total. The quantitative estimate of drug-likeness (QED) is 0.587. The van der Waals surface area contributed by atoms with Crippen LogP contribution >= 0.6 is 0 Å². The second-order valence-corrected chi connectivity index (χ2v) is 10.7. The maximum Gasteiger partial charge on any atom is 0.469 e. The second kappa shape index (κ2) is 4.13. The number of hydrogen-bond donors (Lipinski definition) is 3. The summed E-state index contributed by atoms with van der Waals surface area (Å²) in [6, 6.07) is 0. The molecular formula is C8H22BNO2Si. The molecule has 78 valence electrons. The van der Waals surface area contributed by atoms with Crippen molar-refractivity contribution in [3.63, 3.8) is 0 Å². The van der Waals surface area contributed by atoms with E-state index < -0.39 is 20.3 Å². The van der Waals surface area contributed by atoms with Crippen molar-refractivity contribution in [1.29, 1.82) is 0 Å². The van der Waals surface area contributed by atoms with Crippen LogP contribution < -0.4 is 5.73 Å². The van der Waals surface area contributed by atoms with Gasteiger partial charge in [0.15, 0.2) is 0 Å². The van der Waals surface area contributed by atoms with Gasteiger partial charge in [0.1, 0.15) is 0 Å². The molecule has 1 atom stereocenters. The Kier molecular flexibility index (Phi) is 4.18. The summed E-state index contributed by atoms with van der Waals surface area (Å²) < 4.78 is 0. The molecule has 1 unspecified atom stereocenters. The summed E-state index contributed by atoms with van der Waals surface area (Å²) in [7, 11) is -3.16. The van der Waals surface area contributed by atoms with Crippen LogP contribution in [0.4, 0.5) is 0 Å². The van der Waals surface area contributed by atoms with Crippen LogP contribution in [-0.4, -0.2) is 30.3 Å². The molecule has 0 aromatic rings. The van der Waals surface area contributed by atoms with Crippen molar-refractivity contribution in [3.05, 3.63) is 0 Å². The van der Waals surface area contributed by atoms with Crippen LogP contribution in [-0.2, 0) is 0 Å². The Morgan fingerprint density at radius 1 is 1.31 bits per heavy atom. The zero-order valence-corrected chi connectivity index (χ0v) is 10.3. The van der Waals surface area contributed by atoms with Gasteiger partial charge in [0.2, 0.25) is 0 Å². The third kappa shape index (κ3) is 3.09. The molecule has 0 rings (SSSR count). The summed E-state index contributed by atoms with van der Waals surface area (Å²) >= 11 is 0. The lowest BCUT2D eigenvalue weighted by Gasteiger charge is -2.40. The maximum atomic E-state index is 9.32. The minimum Gasteiger partial charge on any atom is -0.426 e. The van der Waals surface area contributed by atoms with E-state index in [-0.39, 0.29) is 0 Å². The van der Waals surface area contributed by atoms with E-state index in [1.807, 2.05) is 13.8 Å². The highest BCUT2D eigenvalue weighted by molar-refractivity contribution is 6.88. The smallest absolute Gasteiger partial charge is 0.426 e. The maximum absolute atomic E-state index is 9.32. The van der Waals surface area contributed by atoms with Gasteiger partial charge in [0, 0.05) is 5.06 Å². The van der Waals surface area contributed by atoms with Gasteiger partial charge in [-0.3, -0.25) is 0 Å². The Labute approximate surface area is 82.5 Å². The monoisotopic (exact) mass is 203 g/mol. The molecule has 0 bridgehead atoms. The largest absolute Gasteiger partial charge is 0.469 e. The molecule has 13 heavy (non-hydrogen) atoms. The van der Waals surface area contributed by atoms with Gasteiger partial charge in [0.25, 0.3) is 0 Å². The number of rotatable bonds is 4. The van der Waals surface area contributed by atoms with Gasteiger partial charge >= 0.3 is 7.12 Å². The molecular weight excluding hydrogens is 181 g/mol. The highest BCUT2D eigenvalue weighted by Crippen LogP contribution is 2.26. The highest BCUT2D eigenvalue weighted by Gasteiger charge is 2.49. The lowest BCUT2D eigenvalue weighted by Crippen LogP contribution is -2.69. The molecule has 0 aromatic heterocycles. The van der Waals surface area contributed by atoms with E-state index in [2.05, 4.69) is 19.6 Å². The SMILES string of the molecule is CC(C)CC(N)(B(O)O)[Si](C)(C)C. The van der Waals surface area contributed by atoms with Gasteiger partial charge in [-0.05, 0) is 12.3 Å². The molecule has 0 aliphatic heterocycles. The molecule has 0 aromatic carbocycles. The van der Waals surface area contributed by atoms with Gasteiger partial charge in [-0.25, -0.2) is 0 Å². The normalized spacial score (nSPS) is 17.3. The molecule has 4 N–H and O–H groups in total. The first-order chi connectivity index (χ1) is 5.61. The summed E-state index contributed by atoms with van der Waals surface area (Å²) in [6.45, 7) is 10.3. The Morgan fingerprint density at radius 3 is 1.77 bits per heavy atom. The third-order valence-electron chi connectivity index (χ3n) is 2.60. The Balaban J connectivity index is 4.74. The van der Waals surface area contributed by atoms with Crippen LogP contribution in [0.3, 0.4) is 0 Å². The average molecular weight is 203 g/mol. The fraction of sp³-hybridized carbons (Fsp3) is 1.00. The van der Waals surface area contributed by atoms with Crippen molar-refractivity contribution in [2.75, 3.05) is 0 Å². The van der Waals surface area contributed by atoms with Crippen molar-refractivity contribution in [2.45, 2.75) is 45.0 Å². The van der Waals surface area contributed by atoms with E-state index in [0.717, 1.165) is 0 Å². The molecule has 0 saturated carbocycles. The van der Waals surface area contributed by atoms with E-state index in [9.17, 15) is 10.0 Å². The van der Waals surface area contributed by atoms with Crippen LogP contribution in [0.15, 0.2) is 0 Å². The van der Waals surface area contributed by atoms with Gasteiger partial charge < -0.3 is 15.8 Å². The van der Waals surface area contributed by atoms with Crippen molar-refractivity contribution in [3.8, 4) is 0 Å². The van der Waals surface area contributed by atoms with Crippen LogP contribution in [0.2, 0.25) is 19.6 Å². The van der Waals surface area contributed by atoms with E-state index in [4.69, 9.17) is 5.73 Å². The van der Waals surface area contributed by atoms with Gasteiger partial charge in [-0.1, -0.05) is 33.5 Å². The first-order valence-corrected chi connectivity index (χ1v) is 8.26. The van der Waals surface area contributed by atoms with E-state index >= 15 is 0 Å². The molecule has 5 heteroatoms. The summed E-state index contributed by atoms with van der Waals surface area (Å²) in [4.78, 5) is 0. The van der Waals surface area contributed by atoms with Gasteiger partial charge in [-0.2, -0.15) is 0 Å². The Morgan fingerprint density at radius 2 is 1.69 bits per heavy atom. The lowest BCUT2D eigenvalue weighted by atomic mass is 9.74. The summed E-state index contributed by atoms with van der Waals surface area (Å²) in [5, 5.41) is 17.9. The standard InChI is InChI=1S/C8H22BNO2Si/c1-7(2)6-8(10,9(11)12)13(3,4)5/h7,11-12H,6,10H2,1-5H3. The third-order valence-corrected chi connectivity index (χ3v) is 5.86. The van der Waals surface area contributed by atoms with Crippen LogP contribution in [0.5, 0.6) is 0 Å². The first-order valence-electron chi connectivity index (χ1n) is 4.76. The first kappa shape index (κ1) is 13.2. The summed E-state index contributed by atoms with van der Waals surface area (Å²) in [5.41, 5.74) is 6.08. The fourth-order valence-electron chi connectivity index (χ4n) is 1.47. The van der Waals surface area contributed by atoms with Crippen molar-refractivity contribution in [2.24, 2.45) is 11.7 Å². The average Bonchev–Trinajstić information content (AvgIpc) is 1.82. The van der Waals surface area contributed by atoms with Crippen LogP contribution in [0, 0.1) is 5.92 Å². The molecule has 0 aliphatic rings. The molecule has 0 amide bonds. The number of nitrogens with two attached hydrogens (primary N) is 1. The minimum absolute atomic E-state index is 0.388. The highest BCUT2D eigenvalue weighted by atomic mass is 28.3. The summed E-state index contributed by atoms with van der Waals surface area (Å²) in [5.74, 6) is 0.388. The van der Waals surface area contributed by atoms with Crippen LogP contribution in [0.25, 0.3) is 0 Å². The van der Waals surface area contributed by atoms with Crippen molar-refractivity contribution < 1.29 is 10.0 Å². The topological polar surface area (TPSA) is 66.5 Å². The minimum atomic E-state index is -1.76. The fourth-order valence-corrected chi connectivity index (χ4v) is 3.27. The number of hydrogen-bond acceptors (Lipinski definition) is 3. The molecule has 0 saturated heterocycles. The zero-order chi connectivity index (χ0) is 10.9. The zero-order valence-electron chi connectivity index (χ0n) is 9.33. The van der Waals surface area contributed by atoms with E-state index in [0.29, 0.717) is 12.3 Å². The molecule has 0 fully saturated rings. The second-order valence-electron chi connectivity index (χ2n) is 5.26. The Hall–Kier alpha value is 0.162. The van der Waals surface area contributed by atoms with E-state index in [1.165, 1.54) is 0 Å².